The van der Waals surface area contributed by atoms with Crippen molar-refractivity contribution in [2.75, 3.05) is 26.4 Å². The Balaban J connectivity index is 4.34. The van der Waals surface area contributed by atoms with Crippen LogP contribution in [0, 0.1) is 5.92 Å². The maximum Gasteiger partial charge on any atom is 0.149 e. The van der Waals surface area contributed by atoms with Gasteiger partial charge >= 0.3 is 0 Å². The van der Waals surface area contributed by atoms with Gasteiger partial charge in [0, 0.05) is 12.5 Å². The van der Waals surface area contributed by atoms with Gasteiger partial charge < -0.3 is 19.9 Å². The van der Waals surface area contributed by atoms with E-state index in [0.717, 1.165) is 0 Å². The van der Waals surface area contributed by atoms with Gasteiger partial charge in [0.15, 0.2) is 0 Å². The zero-order chi connectivity index (χ0) is 16.5. The highest BCUT2D eigenvalue weighted by molar-refractivity contribution is 5.82. The Bertz CT molecular complexity index is 290. The number of nitrogens with one attached hydrogen (secondary N) is 1. The van der Waals surface area contributed by atoms with Crippen LogP contribution >= 0.6 is 0 Å². The molecule has 5 nitrogen and oxygen atoms in total. The topological polar surface area (TPSA) is 67.8 Å². The number of rotatable bonds is 12. The summed E-state index contributed by atoms with van der Waals surface area (Å²) in [5.41, 5.74) is -0.380. The molecule has 0 aromatic heterocycles. The summed E-state index contributed by atoms with van der Waals surface area (Å²) in [5.74, 6) is 0.204. The predicted octanol–water partition coefficient (Wildman–Crippen LogP) is 1.77. The maximum atomic E-state index is 11.7. The molecular formula is C16H33NO4. The van der Waals surface area contributed by atoms with Crippen molar-refractivity contribution < 1.29 is 19.4 Å². The molecule has 0 aliphatic heterocycles. The Morgan fingerprint density at radius 3 is 2.29 bits per heavy atom. The third kappa shape index (κ3) is 10.8. The van der Waals surface area contributed by atoms with Crippen LogP contribution in [-0.4, -0.2) is 55.0 Å². The van der Waals surface area contributed by atoms with E-state index in [9.17, 15) is 4.79 Å². The minimum absolute atomic E-state index is 0.0240. The van der Waals surface area contributed by atoms with Gasteiger partial charge in [0.25, 0.3) is 0 Å². The van der Waals surface area contributed by atoms with Crippen molar-refractivity contribution in [1.82, 2.24) is 5.32 Å². The first-order valence-corrected chi connectivity index (χ1v) is 7.80. The Hall–Kier alpha value is -0.490. The largest absolute Gasteiger partial charge is 0.396 e. The monoisotopic (exact) mass is 303 g/mol. The molecule has 5 heteroatoms. The van der Waals surface area contributed by atoms with Crippen LogP contribution in [0.1, 0.15) is 48.0 Å². The SMILES string of the molecule is CC(C)OCC(COC(C)(C)CCO)NCC(=O)C(C)C. The fraction of sp³-hybridized carbons (Fsp3) is 0.938. The molecule has 0 aliphatic carbocycles. The summed E-state index contributed by atoms with van der Waals surface area (Å²) in [4.78, 5) is 11.7. The number of Topliss-reactive ketones (excluding diaryl/α,β-unsaturated/α-hetero) is 1. The van der Waals surface area contributed by atoms with Gasteiger partial charge in [0.05, 0.1) is 37.5 Å². The Labute approximate surface area is 129 Å². The summed E-state index contributed by atoms with van der Waals surface area (Å²) < 4.78 is 11.5. The van der Waals surface area contributed by atoms with Gasteiger partial charge in [0.2, 0.25) is 0 Å². The molecule has 126 valence electrons. The number of hydrogen-bond donors (Lipinski definition) is 2. The van der Waals surface area contributed by atoms with Gasteiger partial charge in [-0.1, -0.05) is 13.8 Å². The Morgan fingerprint density at radius 2 is 1.81 bits per heavy atom. The van der Waals surface area contributed by atoms with Crippen LogP contribution in [0.2, 0.25) is 0 Å². The number of carbonyl (C=O) groups is 1. The normalized spacial score (nSPS) is 14.0. The van der Waals surface area contributed by atoms with E-state index in [1.54, 1.807) is 0 Å². The fourth-order valence-corrected chi connectivity index (χ4v) is 1.59. The van der Waals surface area contributed by atoms with Crippen molar-refractivity contribution in [3.05, 3.63) is 0 Å². The molecule has 0 aromatic carbocycles. The molecule has 0 rings (SSSR count). The van der Waals surface area contributed by atoms with Crippen LogP contribution in [0.5, 0.6) is 0 Å². The molecule has 2 N–H and O–H groups in total. The number of aliphatic hydroxyl groups excluding tert-OH is 1. The molecule has 0 aliphatic rings. The van der Waals surface area contributed by atoms with Crippen molar-refractivity contribution >= 4 is 5.78 Å². The fourth-order valence-electron chi connectivity index (χ4n) is 1.59. The number of ketones is 1. The molecule has 1 atom stereocenters. The average molecular weight is 303 g/mol. The van der Waals surface area contributed by atoms with Gasteiger partial charge in [-0.2, -0.15) is 0 Å². The van der Waals surface area contributed by atoms with Crippen LogP contribution in [0.15, 0.2) is 0 Å². The highest BCUT2D eigenvalue weighted by Gasteiger charge is 2.21. The maximum absolute atomic E-state index is 11.7. The lowest BCUT2D eigenvalue weighted by Gasteiger charge is -2.28. The molecule has 1 unspecified atom stereocenters. The molecule has 0 fully saturated rings. The first-order valence-electron chi connectivity index (χ1n) is 7.80. The van der Waals surface area contributed by atoms with E-state index in [-0.39, 0.29) is 36.1 Å². The van der Waals surface area contributed by atoms with E-state index in [2.05, 4.69) is 5.32 Å². The molecule has 21 heavy (non-hydrogen) atoms. The van der Waals surface area contributed by atoms with Crippen LogP contribution in [0.4, 0.5) is 0 Å². The zero-order valence-corrected chi connectivity index (χ0v) is 14.4. The third-order valence-corrected chi connectivity index (χ3v) is 3.23. The van der Waals surface area contributed by atoms with E-state index in [1.807, 2.05) is 41.5 Å². The highest BCUT2D eigenvalue weighted by Crippen LogP contribution is 2.14. The van der Waals surface area contributed by atoms with Crippen molar-refractivity contribution in [3.63, 3.8) is 0 Å². The van der Waals surface area contributed by atoms with Crippen LogP contribution in [0.25, 0.3) is 0 Å². The van der Waals surface area contributed by atoms with Crippen molar-refractivity contribution in [3.8, 4) is 0 Å². The number of hydrogen-bond acceptors (Lipinski definition) is 5. The van der Waals surface area contributed by atoms with Gasteiger partial charge in [-0.25, -0.2) is 0 Å². The number of ether oxygens (including phenoxy) is 2. The molecule has 0 saturated carbocycles. The lowest BCUT2D eigenvalue weighted by molar-refractivity contribution is -0.121. The molecule has 0 spiro atoms. The van der Waals surface area contributed by atoms with Gasteiger partial charge in [-0.05, 0) is 34.1 Å². The van der Waals surface area contributed by atoms with E-state index in [0.29, 0.717) is 26.2 Å². The van der Waals surface area contributed by atoms with Gasteiger partial charge in [-0.3, -0.25) is 4.79 Å². The molecule has 0 radical (unpaired) electrons. The second-order valence-electron chi connectivity index (χ2n) is 6.63. The first kappa shape index (κ1) is 20.5. The predicted molar refractivity (Wildman–Crippen MR) is 84.5 cm³/mol. The van der Waals surface area contributed by atoms with Crippen LogP contribution in [0.3, 0.4) is 0 Å². The Morgan fingerprint density at radius 1 is 1.19 bits per heavy atom. The van der Waals surface area contributed by atoms with Crippen molar-refractivity contribution in [2.24, 2.45) is 5.92 Å². The lowest BCUT2D eigenvalue weighted by Crippen LogP contribution is -2.44. The van der Waals surface area contributed by atoms with Crippen molar-refractivity contribution in [2.45, 2.75) is 65.7 Å². The first-order chi connectivity index (χ1) is 9.68. The van der Waals surface area contributed by atoms with E-state index in [1.165, 1.54) is 0 Å². The molecular weight excluding hydrogens is 270 g/mol. The van der Waals surface area contributed by atoms with E-state index in [4.69, 9.17) is 14.6 Å². The minimum Gasteiger partial charge on any atom is -0.396 e. The smallest absolute Gasteiger partial charge is 0.149 e. The number of aliphatic hydroxyl groups is 1. The summed E-state index contributed by atoms with van der Waals surface area (Å²) in [7, 11) is 0. The Kier molecular flexibility index (Phi) is 10.0. The summed E-state index contributed by atoms with van der Waals surface area (Å²) in [6, 6.07) is -0.0342. The lowest BCUT2D eigenvalue weighted by atomic mass is 10.1. The second-order valence-corrected chi connectivity index (χ2v) is 6.63. The van der Waals surface area contributed by atoms with E-state index >= 15 is 0 Å². The minimum atomic E-state index is -0.380. The van der Waals surface area contributed by atoms with E-state index < -0.39 is 0 Å². The second kappa shape index (κ2) is 10.3. The van der Waals surface area contributed by atoms with Crippen molar-refractivity contribution in [1.29, 1.82) is 0 Å². The third-order valence-electron chi connectivity index (χ3n) is 3.23. The average Bonchev–Trinajstić information content (AvgIpc) is 2.36. The van der Waals surface area contributed by atoms with Gasteiger partial charge in [0.1, 0.15) is 5.78 Å². The standard InChI is InChI=1S/C16H33NO4/c1-12(2)15(19)9-17-14(10-20-13(3)4)11-21-16(5,6)7-8-18/h12-14,17-18H,7-11H2,1-6H3. The molecule has 0 aromatic rings. The highest BCUT2D eigenvalue weighted by atomic mass is 16.5. The molecule has 0 heterocycles. The molecule has 0 amide bonds. The summed E-state index contributed by atoms with van der Waals surface area (Å²) in [5, 5.41) is 12.2. The summed E-state index contributed by atoms with van der Waals surface area (Å²) >= 11 is 0. The van der Waals surface area contributed by atoms with Crippen LogP contribution < -0.4 is 5.32 Å². The molecule has 0 bridgehead atoms. The number of carbonyl (C=O) groups excluding carboxylic acids is 1. The zero-order valence-electron chi connectivity index (χ0n) is 14.4. The van der Waals surface area contributed by atoms with Gasteiger partial charge in [-0.15, -0.1) is 0 Å². The van der Waals surface area contributed by atoms with Crippen LogP contribution in [-0.2, 0) is 14.3 Å². The summed E-state index contributed by atoms with van der Waals surface area (Å²) in [6.45, 7) is 13.0. The summed E-state index contributed by atoms with van der Waals surface area (Å²) in [6.07, 6.45) is 0.718. The molecule has 0 saturated heterocycles. The quantitative estimate of drug-likeness (QED) is 0.575.